The van der Waals surface area contributed by atoms with Crippen LogP contribution in [0.3, 0.4) is 0 Å². The number of thiophene rings is 1. The van der Waals surface area contributed by atoms with Crippen LogP contribution in [0.2, 0.25) is 5.02 Å². The van der Waals surface area contributed by atoms with E-state index < -0.39 is 0 Å². The van der Waals surface area contributed by atoms with E-state index in [2.05, 4.69) is 24.4 Å². The molecule has 0 amide bonds. The summed E-state index contributed by atoms with van der Waals surface area (Å²) in [5, 5.41) is 5.77. The van der Waals surface area contributed by atoms with Crippen molar-refractivity contribution >= 4 is 33.7 Å². The fraction of sp³-hybridized carbons (Fsp3) is 0.429. The average molecular weight is 253 g/mol. The lowest BCUT2D eigenvalue weighted by molar-refractivity contribution is 0.671. The molecule has 2 heteroatoms. The predicted molar refractivity (Wildman–Crippen MR) is 74.7 cm³/mol. The summed E-state index contributed by atoms with van der Waals surface area (Å²) in [7, 11) is 0. The average Bonchev–Trinajstić information content (AvgIpc) is 2.67. The molecule has 0 nitrogen and oxygen atoms in total. The highest BCUT2D eigenvalue weighted by atomic mass is 35.5. The van der Waals surface area contributed by atoms with Crippen molar-refractivity contribution in [3.8, 4) is 0 Å². The summed E-state index contributed by atoms with van der Waals surface area (Å²) < 4.78 is 0. The molecular formula is C14H17ClS. The normalized spacial score (nSPS) is 11.1. The molecule has 0 saturated carbocycles. The van der Waals surface area contributed by atoms with Crippen LogP contribution >= 0.6 is 22.9 Å². The van der Waals surface area contributed by atoms with Crippen molar-refractivity contribution in [2.45, 2.75) is 39.0 Å². The Hall–Kier alpha value is -0.530. The third kappa shape index (κ3) is 2.78. The lowest BCUT2D eigenvalue weighted by Crippen LogP contribution is -1.82. The Morgan fingerprint density at radius 3 is 2.88 bits per heavy atom. The van der Waals surface area contributed by atoms with Gasteiger partial charge in [-0.1, -0.05) is 43.9 Å². The van der Waals surface area contributed by atoms with Gasteiger partial charge in [-0.05, 0) is 41.1 Å². The fourth-order valence-corrected chi connectivity index (χ4v) is 3.19. The van der Waals surface area contributed by atoms with Crippen molar-refractivity contribution in [3.05, 3.63) is 33.5 Å². The topological polar surface area (TPSA) is 0 Å². The van der Waals surface area contributed by atoms with E-state index in [1.165, 1.54) is 47.8 Å². The van der Waals surface area contributed by atoms with Crippen molar-refractivity contribution in [2.75, 3.05) is 0 Å². The number of unbranched alkanes of at least 4 members (excludes halogenated alkanes) is 3. The molecule has 16 heavy (non-hydrogen) atoms. The summed E-state index contributed by atoms with van der Waals surface area (Å²) in [6, 6.07) is 6.18. The molecule has 0 N–H and O–H groups in total. The molecule has 1 aromatic heterocycles. The van der Waals surface area contributed by atoms with Gasteiger partial charge in [0.05, 0.1) is 0 Å². The van der Waals surface area contributed by atoms with E-state index >= 15 is 0 Å². The summed E-state index contributed by atoms with van der Waals surface area (Å²) in [4.78, 5) is 1.49. The largest absolute Gasteiger partial charge is 0.148 e. The minimum absolute atomic E-state index is 0.848. The third-order valence-corrected chi connectivity index (χ3v) is 4.22. The van der Waals surface area contributed by atoms with Gasteiger partial charge in [0.1, 0.15) is 0 Å². The maximum atomic E-state index is 6.04. The standard InChI is InChI=1S/C14H17ClS/c1-2-3-4-5-6-14-13-9-12(15)8-7-11(13)10-16-14/h7-10H,2-6H2,1H3. The van der Waals surface area contributed by atoms with Crippen LogP contribution in [0, 0.1) is 0 Å². The molecule has 0 atom stereocenters. The minimum Gasteiger partial charge on any atom is -0.148 e. The van der Waals surface area contributed by atoms with E-state index in [9.17, 15) is 0 Å². The number of fused-ring (bicyclic) bond motifs is 1. The first-order chi connectivity index (χ1) is 7.81. The van der Waals surface area contributed by atoms with Gasteiger partial charge in [0.25, 0.3) is 0 Å². The molecule has 0 aliphatic heterocycles. The van der Waals surface area contributed by atoms with Gasteiger partial charge in [0.2, 0.25) is 0 Å². The number of rotatable bonds is 5. The highest BCUT2D eigenvalue weighted by Crippen LogP contribution is 2.29. The zero-order valence-corrected chi connectivity index (χ0v) is 11.2. The van der Waals surface area contributed by atoms with Gasteiger partial charge in [0, 0.05) is 9.90 Å². The number of hydrogen-bond donors (Lipinski definition) is 0. The Balaban J connectivity index is 2.09. The molecular weight excluding hydrogens is 236 g/mol. The van der Waals surface area contributed by atoms with Gasteiger partial charge >= 0.3 is 0 Å². The molecule has 2 aromatic rings. The van der Waals surface area contributed by atoms with Crippen LogP contribution in [0.15, 0.2) is 23.6 Å². The Kier molecular flexibility index (Phi) is 4.25. The molecule has 0 unspecified atom stereocenters. The van der Waals surface area contributed by atoms with Gasteiger partial charge < -0.3 is 0 Å². The van der Waals surface area contributed by atoms with Crippen LogP contribution in [0.25, 0.3) is 10.8 Å². The monoisotopic (exact) mass is 252 g/mol. The van der Waals surface area contributed by atoms with Crippen molar-refractivity contribution in [1.29, 1.82) is 0 Å². The minimum atomic E-state index is 0.848. The van der Waals surface area contributed by atoms with Crippen LogP contribution in [0.4, 0.5) is 0 Å². The summed E-state index contributed by atoms with van der Waals surface area (Å²) >= 11 is 7.91. The summed E-state index contributed by atoms with van der Waals surface area (Å²) in [5.74, 6) is 0. The molecule has 1 aromatic carbocycles. The quantitative estimate of drug-likeness (QED) is 0.601. The first kappa shape index (κ1) is 11.9. The second-order valence-electron chi connectivity index (χ2n) is 4.20. The Morgan fingerprint density at radius 1 is 1.19 bits per heavy atom. The second kappa shape index (κ2) is 5.70. The van der Waals surface area contributed by atoms with Crippen LogP contribution in [0.1, 0.15) is 37.5 Å². The first-order valence-electron chi connectivity index (χ1n) is 5.97. The van der Waals surface area contributed by atoms with Gasteiger partial charge in [-0.2, -0.15) is 0 Å². The summed E-state index contributed by atoms with van der Waals surface area (Å²) in [5.41, 5.74) is 0. The molecule has 2 rings (SSSR count). The zero-order valence-electron chi connectivity index (χ0n) is 9.63. The number of halogens is 1. The molecule has 0 saturated heterocycles. The summed E-state index contributed by atoms with van der Waals surface area (Å²) in [6.45, 7) is 2.25. The molecule has 0 fully saturated rings. The molecule has 1 heterocycles. The molecule has 0 aliphatic carbocycles. The highest BCUT2D eigenvalue weighted by molar-refractivity contribution is 7.11. The van der Waals surface area contributed by atoms with E-state index in [4.69, 9.17) is 11.6 Å². The Morgan fingerprint density at radius 2 is 2.06 bits per heavy atom. The van der Waals surface area contributed by atoms with E-state index in [1.807, 2.05) is 17.4 Å². The number of aryl methyl sites for hydroxylation is 1. The summed E-state index contributed by atoms with van der Waals surface area (Å²) in [6.07, 6.45) is 6.50. The lowest BCUT2D eigenvalue weighted by atomic mass is 10.1. The molecule has 0 radical (unpaired) electrons. The Labute approximate surface area is 106 Å². The van der Waals surface area contributed by atoms with Gasteiger partial charge in [-0.3, -0.25) is 0 Å². The van der Waals surface area contributed by atoms with Crippen LogP contribution in [-0.4, -0.2) is 0 Å². The Bertz CT molecular complexity index is 459. The maximum absolute atomic E-state index is 6.04. The second-order valence-corrected chi connectivity index (χ2v) is 5.60. The van der Waals surface area contributed by atoms with Crippen molar-refractivity contribution in [1.82, 2.24) is 0 Å². The number of benzene rings is 1. The van der Waals surface area contributed by atoms with Crippen LogP contribution in [0.5, 0.6) is 0 Å². The number of hydrogen-bond acceptors (Lipinski definition) is 1. The van der Waals surface area contributed by atoms with Crippen molar-refractivity contribution in [3.63, 3.8) is 0 Å². The van der Waals surface area contributed by atoms with Crippen molar-refractivity contribution in [2.24, 2.45) is 0 Å². The van der Waals surface area contributed by atoms with Gasteiger partial charge in [-0.25, -0.2) is 0 Å². The fourth-order valence-electron chi connectivity index (χ4n) is 1.98. The SMILES string of the molecule is CCCCCCc1scc2ccc(Cl)cc12. The third-order valence-electron chi connectivity index (χ3n) is 2.90. The van der Waals surface area contributed by atoms with E-state index in [0.29, 0.717) is 0 Å². The van der Waals surface area contributed by atoms with E-state index in [1.54, 1.807) is 0 Å². The molecule has 0 bridgehead atoms. The molecule has 0 aliphatic rings. The van der Waals surface area contributed by atoms with Gasteiger partial charge in [0.15, 0.2) is 0 Å². The van der Waals surface area contributed by atoms with Crippen LogP contribution < -0.4 is 0 Å². The smallest absolute Gasteiger partial charge is 0.0412 e. The van der Waals surface area contributed by atoms with E-state index in [-0.39, 0.29) is 0 Å². The van der Waals surface area contributed by atoms with Gasteiger partial charge in [-0.15, -0.1) is 11.3 Å². The molecule has 0 spiro atoms. The van der Waals surface area contributed by atoms with E-state index in [0.717, 1.165) is 5.02 Å². The maximum Gasteiger partial charge on any atom is 0.0412 e. The highest BCUT2D eigenvalue weighted by Gasteiger charge is 2.04. The first-order valence-corrected chi connectivity index (χ1v) is 7.22. The molecule has 86 valence electrons. The zero-order chi connectivity index (χ0) is 11.4. The lowest BCUT2D eigenvalue weighted by Gasteiger charge is -1.99. The van der Waals surface area contributed by atoms with Crippen LogP contribution in [-0.2, 0) is 6.42 Å². The van der Waals surface area contributed by atoms with Crippen molar-refractivity contribution < 1.29 is 0 Å². The predicted octanol–water partition coefficient (Wildman–Crippen LogP) is 5.68.